The van der Waals surface area contributed by atoms with Crippen LogP contribution in [0.3, 0.4) is 0 Å². The van der Waals surface area contributed by atoms with Gasteiger partial charge in [0.25, 0.3) is 0 Å². The van der Waals surface area contributed by atoms with Gasteiger partial charge in [0, 0.05) is 5.69 Å². The van der Waals surface area contributed by atoms with Crippen LogP contribution in [0.5, 0.6) is 0 Å². The Morgan fingerprint density at radius 3 is 2.50 bits per heavy atom. The van der Waals surface area contributed by atoms with Gasteiger partial charge in [0.1, 0.15) is 5.82 Å². The molecule has 2 N–H and O–H groups in total. The summed E-state index contributed by atoms with van der Waals surface area (Å²) >= 11 is 0. The summed E-state index contributed by atoms with van der Waals surface area (Å²) in [5, 5.41) is 4.42. The van der Waals surface area contributed by atoms with Gasteiger partial charge in [-0.25, -0.2) is 22.9 Å². The molecule has 0 radical (unpaired) electrons. The van der Waals surface area contributed by atoms with Gasteiger partial charge in [-0.3, -0.25) is 5.32 Å². The van der Waals surface area contributed by atoms with Crippen molar-refractivity contribution in [1.29, 1.82) is 0 Å². The molecule has 0 bridgehead atoms. The highest BCUT2D eigenvalue weighted by Gasteiger charge is 2.15. The second-order valence-corrected chi connectivity index (χ2v) is 3.97. The lowest BCUT2D eigenvalue weighted by atomic mass is 10.3. The molecule has 2 amide bonds. The molecular formula is C13H10F3N3O. The number of hydrogen-bond acceptors (Lipinski definition) is 2. The number of carbonyl (C=O) groups excluding carboxylic acids is 1. The van der Waals surface area contributed by atoms with E-state index in [0.29, 0.717) is 5.69 Å². The van der Waals surface area contributed by atoms with Crippen LogP contribution in [0.1, 0.15) is 5.69 Å². The summed E-state index contributed by atoms with van der Waals surface area (Å²) in [5.74, 6) is -4.17. The van der Waals surface area contributed by atoms with E-state index in [4.69, 9.17) is 0 Å². The number of aromatic nitrogens is 1. The van der Waals surface area contributed by atoms with Crippen LogP contribution in [0.2, 0.25) is 0 Å². The number of amides is 2. The number of aryl methyl sites for hydroxylation is 1. The number of urea groups is 1. The normalized spacial score (nSPS) is 10.2. The molecule has 20 heavy (non-hydrogen) atoms. The summed E-state index contributed by atoms with van der Waals surface area (Å²) in [4.78, 5) is 15.6. The van der Waals surface area contributed by atoms with Crippen LogP contribution < -0.4 is 10.6 Å². The van der Waals surface area contributed by atoms with Gasteiger partial charge in [-0.15, -0.1) is 0 Å². The van der Waals surface area contributed by atoms with Crippen molar-refractivity contribution in [3.05, 3.63) is 53.5 Å². The summed E-state index contributed by atoms with van der Waals surface area (Å²) in [6.07, 6.45) is 0. The first kappa shape index (κ1) is 13.9. The van der Waals surface area contributed by atoms with E-state index in [-0.39, 0.29) is 5.82 Å². The third-order valence-corrected chi connectivity index (χ3v) is 2.41. The number of halogens is 3. The van der Waals surface area contributed by atoms with Gasteiger partial charge in [0.15, 0.2) is 17.5 Å². The maximum Gasteiger partial charge on any atom is 0.324 e. The Morgan fingerprint density at radius 2 is 1.80 bits per heavy atom. The molecule has 0 unspecified atom stereocenters. The molecule has 0 saturated heterocycles. The second-order valence-electron chi connectivity index (χ2n) is 3.97. The van der Waals surface area contributed by atoms with Gasteiger partial charge in [0.05, 0.1) is 5.69 Å². The molecule has 1 heterocycles. The lowest BCUT2D eigenvalue weighted by Gasteiger charge is -2.08. The van der Waals surface area contributed by atoms with E-state index >= 15 is 0 Å². The number of nitrogens with one attached hydrogen (secondary N) is 2. The van der Waals surface area contributed by atoms with Crippen molar-refractivity contribution in [2.75, 3.05) is 10.6 Å². The number of benzene rings is 1. The molecule has 0 spiro atoms. The minimum absolute atomic E-state index is 0.255. The average molecular weight is 281 g/mol. The van der Waals surface area contributed by atoms with E-state index in [1.165, 1.54) is 6.07 Å². The summed E-state index contributed by atoms with van der Waals surface area (Å²) in [6.45, 7) is 1.73. The topological polar surface area (TPSA) is 54.0 Å². The lowest BCUT2D eigenvalue weighted by Crippen LogP contribution is -2.21. The van der Waals surface area contributed by atoms with E-state index in [1.807, 2.05) is 0 Å². The molecule has 2 aromatic rings. The van der Waals surface area contributed by atoms with Crippen LogP contribution in [-0.2, 0) is 0 Å². The Bertz CT molecular complexity index is 661. The van der Waals surface area contributed by atoms with Crippen molar-refractivity contribution in [2.45, 2.75) is 6.92 Å². The van der Waals surface area contributed by atoms with Crippen molar-refractivity contribution < 1.29 is 18.0 Å². The minimum Gasteiger partial charge on any atom is -0.305 e. The number of pyridine rings is 1. The third kappa shape index (κ3) is 3.05. The molecule has 7 heteroatoms. The van der Waals surface area contributed by atoms with E-state index in [9.17, 15) is 18.0 Å². The van der Waals surface area contributed by atoms with Crippen molar-refractivity contribution in [2.24, 2.45) is 0 Å². The van der Waals surface area contributed by atoms with Crippen molar-refractivity contribution >= 4 is 17.5 Å². The first-order valence-electron chi connectivity index (χ1n) is 5.62. The van der Waals surface area contributed by atoms with E-state index in [0.717, 1.165) is 12.1 Å². The van der Waals surface area contributed by atoms with Gasteiger partial charge in [-0.1, -0.05) is 6.07 Å². The summed E-state index contributed by atoms with van der Waals surface area (Å²) < 4.78 is 39.1. The van der Waals surface area contributed by atoms with Gasteiger partial charge in [-0.05, 0) is 31.2 Å². The molecule has 0 aliphatic heterocycles. The first-order valence-corrected chi connectivity index (χ1v) is 5.62. The first-order chi connectivity index (χ1) is 9.47. The molecule has 1 aromatic carbocycles. The predicted octanol–water partition coefficient (Wildman–Crippen LogP) is 3.45. The standard InChI is InChI=1S/C13H10F3N3O/c1-7-3-2-4-10(17-7)19-13(20)18-9-6-5-8(14)11(15)12(9)16/h2-6H,1H3,(H2,17,18,19,20). The van der Waals surface area contributed by atoms with Crippen LogP contribution in [0.4, 0.5) is 29.5 Å². The Labute approximate surface area is 112 Å². The summed E-state index contributed by atoms with van der Waals surface area (Å²) in [5.41, 5.74) is 0.218. The largest absolute Gasteiger partial charge is 0.324 e. The number of hydrogen-bond donors (Lipinski definition) is 2. The number of carbonyl (C=O) groups is 1. The van der Waals surface area contributed by atoms with Gasteiger partial charge < -0.3 is 5.32 Å². The molecule has 4 nitrogen and oxygen atoms in total. The zero-order chi connectivity index (χ0) is 14.7. The lowest BCUT2D eigenvalue weighted by molar-refractivity contribution is 0.262. The Balaban J connectivity index is 2.11. The summed E-state index contributed by atoms with van der Waals surface area (Å²) in [7, 11) is 0. The minimum atomic E-state index is -1.64. The zero-order valence-corrected chi connectivity index (χ0v) is 10.4. The molecule has 0 fully saturated rings. The molecule has 104 valence electrons. The molecule has 0 atom stereocenters. The highest BCUT2D eigenvalue weighted by atomic mass is 19.2. The zero-order valence-electron chi connectivity index (χ0n) is 10.4. The van der Waals surface area contributed by atoms with Crippen LogP contribution in [0.15, 0.2) is 30.3 Å². The summed E-state index contributed by atoms with van der Waals surface area (Å²) in [6, 6.07) is 5.78. The SMILES string of the molecule is Cc1cccc(NC(=O)Nc2ccc(F)c(F)c2F)n1. The van der Waals surface area contributed by atoms with Gasteiger partial charge in [-0.2, -0.15) is 0 Å². The van der Waals surface area contributed by atoms with Gasteiger partial charge >= 0.3 is 6.03 Å². The predicted molar refractivity (Wildman–Crippen MR) is 67.9 cm³/mol. The molecule has 0 saturated carbocycles. The van der Waals surface area contributed by atoms with Crippen molar-refractivity contribution in [3.63, 3.8) is 0 Å². The van der Waals surface area contributed by atoms with Crippen molar-refractivity contribution in [3.8, 4) is 0 Å². The van der Waals surface area contributed by atoms with Crippen molar-refractivity contribution in [1.82, 2.24) is 4.98 Å². The van der Waals surface area contributed by atoms with Gasteiger partial charge in [0.2, 0.25) is 0 Å². The average Bonchev–Trinajstić information content (AvgIpc) is 2.39. The van der Waals surface area contributed by atoms with Crippen LogP contribution in [0, 0.1) is 24.4 Å². The Morgan fingerprint density at radius 1 is 1.05 bits per heavy atom. The monoisotopic (exact) mass is 281 g/mol. The number of nitrogens with zero attached hydrogens (tertiary/aromatic N) is 1. The Hall–Kier alpha value is -2.57. The van der Waals surface area contributed by atoms with Crippen LogP contribution in [-0.4, -0.2) is 11.0 Å². The fraction of sp³-hybridized carbons (Fsp3) is 0.0769. The number of rotatable bonds is 2. The second kappa shape index (κ2) is 5.60. The fourth-order valence-electron chi connectivity index (χ4n) is 1.50. The van der Waals surface area contributed by atoms with Crippen LogP contribution in [0.25, 0.3) is 0 Å². The molecular weight excluding hydrogens is 271 g/mol. The number of anilines is 2. The smallest absolute Gasteiger partial charge is 0.305 e. The quantitative estimate of drug-likeness (QED) is 0.828. The fourth-order valence-corrected chi connectivity index (χ4v) is 1.50. The maximum absolute atomic E-state index is 13.4. The molecule has 0 aliphatic carbocycles. The van der Waals surface area contributed by atoms with E-state index in [1.54, 1.807) is 19.1 Å². The molecule has 1 aromatic heterocycles. The third-order valence-electron chi connectivity index (χ3n) is 2.41. The highest BCUT2D eigenvalue weighted by Crippen LogP contribution is 2.19. The van der Waals surface area contributed by atoms with Crippen LogP contribution >= 0.6 is 0 Å². The molecule has 0 aliphatic rings. The molecule has 2 rings (SSSR count). The maximum atomic E-state index is 13.4. The van der Waals surface area contributed by atoms with E-state index < -0.39 is 29.2 Å². The highest BCUT2D eigenvalue weighted by molar-refractivity contribution is 5.99. The van der Waals surface area contributed by atoms with E-state index in [2.05, 4.69) is 15.6 Å². The Kier molecular flexibility index (Phi) is 3.88.